The van der Waals surface area contributed by atoms with Crippen molar-refractivity contribution in [1.29, 1.82) is 0 Å². The fourth-order valence-corrected chi connectivity index (χ4v) is 2.11. The Labute approximate surface area is 132 Å². The highest BCUT2D eigenvalue weighted by molar-refractivity contribution is 5.59. The minimum atomic E-state index is 0.774. The molecular weight excluding hydrogens is 276 g/mol. The fraction of sp³-hybridized carbons (Fsp3) is 0.412. The first-order chi connectivity index (χ1) is 10.8. The van der Waals surface area contributed by atoms with Crippen LogP contribution < -0.4 is 15.4 Å². The zero-order valence-corrected chi connectivity index (χ0v) is 13.3. The number of methoxy groups -OCH3 is 1. The first kappa shape index (κ1) is 16.1. The number of aromatic nitrogens is 2. The van der Waals surface area contributed by atoms with Crippen molar-refractivity contribution in [2.75, 3.05) is 24.3 Å². The van der Waals surface area contributed by atoms with Crippen molar-refractivity contribution in [2.45, 2.75) is 32.6 Å². The van der Waals surface area contributed by atoms with E-state index in [1.807, 2.05) is 30.3 Å². The lowest BCUT2D eigenvalue weighted by molar-refractivity contribution is 0.415. The number of unbranched alkanes of at least 4 members (excludes halogenated alkanes) is 3. The molecule has 0 amide bonds. The van der Waals surface area contributed by atoms with Gasteiger partial charge >= 0.3 is 0 Å². The molecule has 0 unspecified atom stereocenters. The van der Waals surface area contributed by atoms with Gasteiger partial charge in [0, 0.05) is 18.3 Å². The van der Waals surface area contributed by atoms with Crippen molar-refractivity contribution in [3.05, 3.63) is 36.7 Å². The average molecular weight is 300 g/mol. The second-order valence-corrected chi connectivity index (χ2v) is 5.13. The van der Waals surface area contributed by atoms with E-state index in [0.29, 0.717) is 0 Å². The quantitative estimate of drug-likeness (QED) is 0.679. The molecule has 2 rings (SSSR count). The van der Waals surface area contributed by atoms with E-state index in [1.54, 1.807) is 13.4 Å². The van der Waals surface area contributed by atoms with Gasteiger partial charge in [0.05, 0.1) is 7.11 Å². The molecule has 0 fully saturated rings. The summed E-state index contributed by atoms with van der Waals surface area (Å²) in [4.78, 5) is 8.49. The summed E-state index contributed by atoms with van der Waals surface area (Å²) in [6.45, 7) is 3.16. The van der Waals surface area contributed by atoms with Gasteiger partial charge in [-0.25, -0.2) is 9.97 Å². The highest BCUT2D eigenvalue weighted by Gasteiger charge is 2.00. The Morgan fingerprint density at radius 2 is 1.77 bits per heavy atom. The molecule has 22 heavy (non-hydrogen) atoms. The van der Waals surface area contributed by atoms with Crippen LogP contribution in [0.2, 0.25) is 0 Å². The second kappa shape index (κ2) is 8.87. The molecule has 1 heterocycles. The molecule has 0 aliphatic heterocycles. The Morgan fingerprint density at radius 3 is 2.50 bits per heavy atom. The molecule has 0 spiro atoms. The zero-order chi connectivity index (χ0) is 15.6. The molecule has 0 aliphatic rings. The molecule has 0 atom stereocenters. The molecule has 0 saturated carbocycles. The third kappa shape index (κ3) is 5.24. The van der Waals surface area contributed by atoms with Gasteiger partial charge in [-0.1, -0.05) is 26.2 Å². The van der Waals surface area contributed by atoms with Gasteiger partial charge in [-0.2, -0.15) is 0 Å². The van der Waals surface area contributed by atoms with Crippen LogP contribution in [0.25, 0.3) is 0 Å². The van der Waals surface area contributed by atoms with E-state index in [0.717, 1.165) is 29.6 Å². The van der Waals surface area contributed by atoms with Gasteiger partial charge in [0.25, 0.3) is 0 Å². The van der Waals surface area contributed by atoms with Crippen molar-refractivity contribution < 1.29 is 4.74 Å². The first-order valence-electron chi connectivity index (χ1n) is 7.79. The van der Waals surface area contributed by atoms with E-state index < -0.39 is 0 Å². The van der Waals surface area contributed by atoms with E-state index in [2.05, 4.69) is 27.5 Å². The van der Waals surface area contributed by atoms with Gasteiger partial charge in [0.15, 0.2) is 0 Å². The van der Waals surface area contributed by atoms with E-state index in [-0.39, 0.29) is 0 Å². The summed E-state index contributed by atoms with van der Waals surface area (Å²) in [5, 5.41) is 6.60. The number of nitrogens with zero attached hydrogens (tertiary/aromatic N) is 2. The monoisotopic (exact) mass is 300 g/mol. The third-order valence-electron chi connectivity index (χ3n) is 3.37. The minimum Gasteiger partial charge on any atom is -0.497 e. The number of hydrogen-bond acceptors (Lipinski definition) is 5. The van der Waals surface area contributed by atoms with Crippen LogP contribution in [0.1, 0.15) is 32.6 Å². The molecule has 0 radical (unpaired) electrons. The largest absolute Gasteiger partial charge is 0.497 e. The van der Waals surface area contributed by atoms with Crippen molar-refractivity contribution in [2.24, 2.45) is 0 Å². The average Bonchev–Trinajstić information content (AvgIpc) is 2.56. The fourth-order valence-electron chi connectivity index (χ4n) is 2.11. The smallest absolute Gasteiger partial charge is 0.135 e. The maximum absolute atomic E-state index is 5.15. The molecule has 2 aromatic rings. The number of hydrogen-bond donors (Lipinski definition) is 2. The molecule has 0 saturated heterocycles. The normalized spacial score (nSPS) is 10.3. The number of ether oxygens (including phenoxy) is 1. The molecule has 5 heteroatoms. The third-order valence-corrected chi connectivity index (χ3v) is 3.37. The predicted octanol–water partition coefficient (Wildman–Crippen LogP) is 4.22. The summed E-state index contributed by atoms with van der Waals surface area (Å²) in [5.41, 5.74) is 0.966. The van der Waals surface area contributed by atoms with E-state index in [1.165, 1.54) is 25.7 Å². The maximum atomic E-state index is 5.15. The van der Waals surface area contributed by atoms with Crippen LogP contribution in [0.5, 0.6) is 5.75 Å². The molecule has 0 bridgehead atoms. The summed E-state index contributed by atoms with van der Waals surface area (Å²) in [7, 11) is 1.66. The summed E-state index contributed by atoms with van der Waals surface area (Å²) < 4.78 is 5.15. The Bertz CT molecular complexity index is 557. The van der Waals surface area contributed by atoms with Crippen molar-refractivity contribution in [1.82, 2.24) is 9.97 Å². The highest BCUT2D eigenvalue weighted by Crippen LogP contribution is 2.19. The lowest BCUT2D eigenvalue weighted by Crippen LogP contribution is -2.04. The number of anilines is 3. The van der Waals surface area contributed by atoms with Crippen LogP contribution in [0.15, 0.2) is 36.7 Å². The van der Waals surface area contributed by atoms with Crippen molar-refractivity contribution in [3.63, 3.8) is 0 Å². The Morgan fingerprint density at radius 1 is 1.00 bits per heavy atom. The SMILES string of the molecule is CCCCCCNc1cc(Nc2ccc(OC)cc2)ncn1. The summed E-state index contributed by atoms with van der Waals surface area (Å²) in [6, 6.07) is 9.66. The Hall–Kier alpha value is -2.30. The molecule has 5 nitrogen and oxygen atoms in total. The summed E-state index contributed by atoms with van der Waals surface area (Å²) >= 11 is 0. The minimum absolute atomic E-state index is 0.774. The maximum Gasteiger partial charge on any atom is 0.135 e. The van der Waals surface area contributed by atoms with Gasteiger partial charge in [-0.15, -0.1) is 0 Å². The molecule has 1 aromatic heterocycles. The lowest BCUT2D eigenvalue weighted by atomic mass is 10.2. The standard InChI is InChI=1S/C17H24N4O/c1-3-4-5-6-11-18-16-12-17(20-13-19-16)21-14-7-9-15(22-2)10-8-14/h7-10,12-13H,3-6,11H2,1-2H3,(H2,18,19,20,21). The first-order valence-corrected chi connectivity index (χ1v) is 7.79. The van der Waals surface area contributed by atoms with Crippen LogP contribution in [0, 0.1) is 0 Å². The molecule has 1 aromatic carbocycles. The van der Waals surface area contributed by atoms with E-state index in [4.69, 9.17) is 4.74 Å². The van der Waals surface area contributed by atoms with Crippen LogP contribution in [0.3, 0.4) is 0 Å². The van der Waals surface area contributed by atoms with Gasteiger partial charge in [-0.05, 0) is 30.7 Å². The second-order valence-electron chi connectivity index (χ2n) is 5.13. The molecule has 0 aliphatic carbocycles. The van der Waals surface area contributed by atoms with Crippen molar-refractivity contribution >= 4 is 17.3 Å². The van der Waals surface area contributed by atoms with Crippen molar-refractivity contribution in [3.8, 4) is 5.75 Å². The number of rotatable bonds is 9. The summed E-state index contributed by atoms with van der Waals surface area (Å²) in [6.07, 6.45) is 6.53. The van der Waals surface area contributed by atoms with Crippen LogP contribution in [-0.2, 0) is 0 Å². The highest BCUT2D eigenvalue weighted by atomic mass is 16.5. The van der Waals surface area contributed by atoms with E-state index >= 15 is 0 Å². The molecule has 118 valence electrons. The summed E-state index contributed by atoms with van der Waals surface area (Å²) in [5.74, 6) is 2.46. The lowest BCUT2D eigenvalue weighted by Gasteiger charge is -2.09. The molecular formula is C17H24N4O. The Balaban J connectivity index is 1.87. The van der Waals surface area contributed by atoms with E-state index in [9.17, 15) is 0 Å². The number of benzene rings is 1. The van der Waals surface area contributed by atoms with Gasteiger partial charge in [0.1, 0.15) is 23.7 Å². The van der Waals surface area contributed by atoms with Crippen LogP contribution >= 0.6 is 0 Å². The Kier molecular flexibility index (Phi) is 6.48. The van der Waals surface area contributed by atoms with Gasteiger partial charge in [0.2, 0.25) is 0 Å². The van der Waals surface area contributed by atoms with Gasteiger partial charge < -0.3 is 15.4 Å². The zero-order valence-electron chi connectivity index (χ0n) is 13.3. The van der Waals surface area contributed by atoms with Gasteiger partial charge in [-0.3, -0.25) is 0 Å². The number of nitrogens with one attached hydrogen (secondary N) is 2. The van der Waals surface area contributed by atoms with Crippen LogP contribution in [0.4, 0.5) is 17.3 Å². The topological polar surface area (TPSA) is 59.1 Å². The van der Waals surface area contributed by atoms with Crippen LogP contribution in [-0.4, -0.2) is 23.6 Å². The predicted molar refractivity (Wildman–Crippen MR) is 90.9 cm³/mol. The molecule has 2 N–H and O–H groups in total.